The van der Waals surface area contributed by atoms with Crippen LogP contribution < -0.4 is 9.80 Å². The SMILES string of the molecule is CCCCCCCCCCCCCCC(CCCCCCCCCCCCCC)CCCN1C(=O)/C(=C2/C(=O)N(CCCC(CCCCCCCCCCCCCC)CCCCCCCCCCCCCC)c3cc(Br)c(Cl)cc32)c2cc(Cl)c(Br)cc21. The number of hydrogen-bond donors (Lipinski definition) is 0. The van der Waals surface area contributed by atoms with Crippen LogP contribution in [-0.2, 0) is 9.59 Å². The molecule has 0 bridgehead atoms. The molecule has 0 spiro atoms. The van der Waals surface area contributed by atoms with E-state index in [-0.39, 0.29) is 11.8 Å². The minimum absolute atomic E-state index is 0.0947. The molecular formula is C80H134Br2Cl2N2O2. The van der Waals surface area contributed by atoms with E-state index < -0.39 is 0 Å². The maximum absolute atomic E-state index is 15.3. The van der Waals surface area contributed by atoms with Crippen LogP contribution in [0.5, 0.6) is 0 Å². The Morgan fingerprint density at radius 3 is 0.705 bits per heavy atom. The van der Waals surface area contributed by atoms with E-state index in [1.165, 1.54) is 334 Å². The second-order valence-corrected chi connectivity index (χ2v) is 30.5. The molecule has 504 valence electrons. The van der Waals surface area contributed by atoms with Crippen LogP contribution >= 0.6 is 55.1 Å². The second-order valence-electron chi connectivity index (χ2n) is 28.0. The minimum atomic E-state index is -0.0947. The van der Waals surface area contributed by atoms with Crippen LogP contribution in [0, 0.1) is 11.8 Å². The van der Waals surface area contributed by atoms with Crippen LogP contribution in [0.15, 0.2) is 33.2 Å². The lowest BCUT2D eigenvalue weighted by molar-refractivity contribution is -0.114. The fourth-order valence-electron chi connectivity index (χ4n) is 14.6. The molecule has 0 atom stereocenters. The van der Waals surface area contributed by atoms with Gasteiger partial charge in [-0.15, -0.1) is 0 Å². The topological polar surface area (TPSA) is 40.6 Å². The fourth-order valence-corrected chi connectivity index (χ4v) is 15.6. The quantitative estimate of drug-likeness (QED) is 0.0489. The summed E-state index contributed by atoms with van der Waals surface area (Å²) in [6.07, 6.45) is 75.4. The number of carbonyl (C=O) groups excluding carboxylic acids is 2. The van der Waals surface area contributed by atoms with Crippen molar-refractivity contribution in [2.75, 3.05) is 22.9 Å². The molecule has 0 saturated carbocycles. The number of hydrogen-bond acceptors (Lipinski definition) is 2. The third kappa shape index (κ3) is 32.7. The monoisotopic (exact) mass is 1380 g/mol. The van der Waals surface area contributed by atoms with Gasteiger partial charge >= 0.3 is 0 Å². The molecule has 2 aliphatic rings. The van der Waals surface area contributed by atoms with Crippen LogP contribution in [0.2, 0.25) is 10.0 Å². The summed E-state index contributed by atoms with van der Waals surface area (Å²) >= 11 is 21.3. The summed E-state index contributed by atoms with van der Waals surface area (Å²) in [7, 11) is 0. The molecule has 8 heteroatoms. The Labute approximate surface area is 571 Å². The highest BCUT2D eigenvalue weighted by Gasteiger charge is 2.43. The van der Waals surface area contributed by atoms with Crippen LogP contribution in [0.25, 0.3) is 11.1 Å². The zero-order chi connectivity index (χ0) is 63.1. The first-order valence-corrected chi connectivity index (χ1v) is 40.9. The predicted octanol–water partition coefficient (Wildman–Crippen LogP) is 29.3. The van der Waals surface area contributed by atoms with E-state index in [1.807, 2.05) is 34.1 Å². The molecule has 0 radical (unpaired) electrons. The van der Waals surface area contributed by atoms with Crippen LogP contribution in [0.4, 0.5) is 11.4 Å². The summed E-state index contributed by atoms with van der Waals surface area (Å²) in [5.41, 5.74) is 4.13. The molecule has 0 saturated heterocycles. The van der Waals surface area contributed by atoms with E-state index >= 15 is 9.59 Å². The first-order chi connectivity index (χ1) is 43.2. The lowest BCUT2D eigenvalue weighted by Crippen LogP contribution is -2.30. The summed E-state index contributed by atoms with van der Waals surface area (Å²) in [5.74, 6) is 1.15. The minimum Gasteiger partial charge on any atom is -0.308 e. The Morgan fingerprint density at radius 2 is 0.489 bits per heavy atom. The summed E-state index contributed by atoms with van der Waals surface area (Å²) in [6, 6.07) is 7.85. The Kier molecular flexibility index (Phi) is 46.7. The zero-order valence-electron chi connectivity index (χ0n) is 57.7. The number of unbranched alkanes of at least 4 members (excludes halogenated alkanes) is 44. The molecule has 2 amide bonds. The largest absolute Gasteiger partial charge is 0.308 e. The first kappa shape index (κ1) is 79.1. The summed E-state index contributed by atoms with van der Waals surface area (Å²) in [5, 5.41) is 1.08. The lowest BCUT2D eigenvalue weighted by atomic mass is 9.90. The van der Waals surface area contributed by atoms with Crippen molar-refractivity contribution in [2.45, 2.75) is 387 Å². The fraction of sp³-hybridized carbons (Fsp3) is 0.800. The molecule has 4 rings (SSSR count). The van der Waals surface area contributed by atoms with Gasteiger partial charge in [-0.2, -0.15) is 0 Å². The van der Waals surface area contributed by atoms with Crippen molar-refractivity contribution < 1.29 is 9.59 Å². The molecule has 88 heavy (non-hydrogen) atoms. The summed E-state index contributed by atoms with van der Waals surface area (Å²) in [6.45, 7) is 10.5. The van der Waals surface area contributed by atoms with Crippen molar-refractivity contribution in [3.63, 3.8) is 0 Å². The first-order valence-electron chi connectivity index (χ1n) is 38.5. The highest BCUT2D eigenvalue weighted by atomic mass is 79.9. The van der Waals surface area contributed by atoms with E-state index in [4.69, 9.17) is 23.2 Å². The molecule has 2 aromatic carbocycles. The van der Waals surface area contributed by atoms with Crippen molar-refractivity contribution in [3.05, 3.63) is 54.4 Å². The molecule has 0 unspecified atom stereocenters. The van der Waals surface area contributed by atoms with Gasteiger partial charge in [-0.3, -0.25) is 9.59 Å². The standard InChI is InChI=1S/C80H134Br2Cl2N2O2/c1-5-9-13-17-21-25-29-33-37-41-45-49-55-67(56-50-46-42-38-34-30-26-22-18-14-10-6-2)59-53-61-85-75-65-71(81)73(83)63-69(75)77(79(85)87)78-70-64-74(84)72(82)66-76(70)86(80(78)88)62-54-60-68(57-51-47-43-39-35-31-27-23-19-15-11-7-3)58-52-48-44-40-36-32-28-24-20-16-12-8-4/h63-68H,5-62H2,1-4H3/b78-77+. The maximum atomic E-state index is 15.3. The molecular weight excluding hydrogens is 1250 g/mol. The number of amides is 2. The number of benzene rings is 2. The van der Waals surface area contributed by atoms with Gasteiger partial charge < -0.3 is 9.80 Å². The van der Waals surface area contributed by atoms with Gasteiger partial charge in [-0.1, -0.05) is 385 Å². The van der Waals surface area contributed by atoms with Gasteiger partial charge in [0.1, 0.15) is 0 Å². The highest BCUT2D eigenvalue weighted by Crippen LogP contribution is 2.50. The van der Waals surface area contributed by atoms with Gasteiger partial charge in [0.2, 0.25) is 0 Å². The third-order valence-corrected chi connectivity index (χ3v) is 22.6. The van der Waals surface area contributed by atoms with Crippen molar-refractivity contribution >= 4 is 89.4 Å². The van der Waals surface area contributed by atoms with Crippen molar-refractivity contribution in [1.82, 2.24) is 0 Å². The van der Waals surface area contributed by atoms with Crippen LogP contribution in [-0.4, -0.2) is 24.9 Å². The number of nitrogens with zero attached hydrogens (tertiary/aromatic N) is 2. The molecule has 0 aromatic heterocycles. The highest BCUT2D eigenvalue weighted by molar-refractivity contribution is 9.10. The number of halogens is 4. The molecule has 2 heterocycles. The zero-order valence-corrected chi connectivity index (χ0v) is 62.4. The Balaban J connectivity index is 1.41. The van der Waals surface area contributed by atoms with Crippen molar-refractivity contribution in [2.24, 2.45) is 11.8 Å². The summed E-state index contributed by atoms with van der Waals surface area (Å²) < 4.78 is 1.53. The van der Waals surface area contributed by atoms with Crippen molar-refractivity contribution in [3.8, 4) is 0 Å². The number of rotatable bonds is 60. The molecule has 0 fully saturated rings. The van der Waals surface area contributed by atoms with Gasteiger partial charge in [0, 0.05) is 33.2 Å². The van der Waals surface area contributed by atoms with E-state index in [9.17, 15) is 0 Å². The van der Waals surface area contributed by atoms with Crippen LogP contribution in [0.3, 0.4) is 0 Å². The Morgan fingerprint density at radius 1 is 0.295 bits per heavy atom. The van der Waals surface area contributed by atoms with Gasteiger partial charge in [0.25, 0.3) is 11.8 Å². The molecule has 0 aliphatic carbocycles. The van der Waals surface area contributed by atoms with Gasteiger partial charge in [0.05, 0.1) is 32.6 Å². The average molecular weight is 1390 g/mol. The van der Waals surface area contributed by atoms with E-state index in [1.54, 1.807) is 0 Å². The smallest absolute Gasteiger partial charge is 0.259 e. The van der Waals surface area contributed by atoms with Gasteiger partial charge in [0.15, 0.2) is 0 Å². The maximum Gasteiger partial charge on any atom is 0.259 e. The number of fused-ring (bicyclic) bond motifs is 2. The molecule has 4 nitrogen and oxygen atoms in total. The average Bonchev–Trinajstić information content (AvgIpc) is 1.61. The molecule has 2 aromatic rings. The number of carbonyl (C=O) groups is 2. The Bertz CT molecular complexity index is 1940. The summed E-state index contributed by atoms with van der Waals surface area (Å²) in [4.78, 5) is 34.5. The van der Waals surface area contributed by atoms with E-state index in [0.717, 1.165) is 57.1 Å². The lowest BCUT2D eigenvalue weighted by Gasteiger charge is -2.21. The van der Waals surface area contributed by atoms with Crippen LogP contribution in [0.1, 0.15) is 398 Å². The van der Waals surface area contributed by atoms with Gasteiger partial charge in [-0.25, -0.2) is 0 Å². The molecule has 2 aliphatic heterocycles. The third-order valence-electron chi connectivity index (χ3n) is 20.2. The predicted molar refractivity (Wildman–Crippen MR) is 398 cm³/mol. The Hall–Kier alpha value is -1.34. The second kappa shape index (κ2) is 52.0. The molecule has 0 N–H and O–H groups in total. The normalized spacial score (nSPS) is 14.1. The number of anilines is 2. The van der Waals surface area contributed by atoms with E-state index in [2.05, 4.69) is 59.6 Å². The van der Waals surface area contributed by atoms with Crippen molar-refractivity contribution in [1.29, 1.82) is 0 Å². The van der Waals surface area contributed by atoms with Gasteiger partial charge in [-0.05, 0) is 93.6 Å². The van der Waals surface area contributed by atoms with E-state index in [0.29, 0.717) is 46.1 Å².